The van der Waals surface area contributed by atoms with Gasteiger partial charge in [-0.1, -0.05) is 44.2 Å². The highest BCUT2D eigenvalue weighted by Gasteiger charge is 2.33. The predicted octanol–water partition coefficient (Wildman–Crippen LogP) is 4.61. The maximum Gasteiger partial charge on any atom is 0.416 e. The number of carbonyl (C=O) groups excluding carboxylic acids is 2. The minimum absolute atomic E-state index is 0. The van der Waals surface area contributed by atoms with E-state index in [9.17, 15) is 31.2 Å². The van der Waals surface area contributed by atoms with Gasteiger partial charge in [0.1, 0.15) is 12.6 Å². The van der Waals surface area contributed by atoms with Gasteiger partial charge in [0.2, 0.25) is 15.9 Å². The number of halogens is 4. The molecule has 0 bridgehead atoms. The highest BCUT2D eigenvalue weighted by molar-refractivity contribution is 7.89. The summed E-state index contributed by atoms with van der Waals surface area (Å²) in [7, 11) is -2.33. The first-order chi connectivity index (χ1) is 18.8. The Morgan fingerprint density at radius 1 is 0.976 bits per heavy atom. The van der Waals surface area contributed by atoms with Gasteiger partial charge in [0, 0.05) is 12.0 Å². The summed E-state index contributed by atoms with van der Waals surface area (Å²) in [6, 6.07) is 11.0. The molecule has 0 saturated heterocycles. The lowest BCUT2D eigenvalue weighted by atomic mass is 9.85. The van der Waals surface area contributed by atoms with Crippen molar-refractivity contribution in [2.45, 2.75) is 68.7 Å². The molecule has 2 aromatic rings. The van der Waals surface area contributed by atoms with Crippen LogP contribution in [0.4, 0.5) is 13.2 Å². The zero-order valence-corrected chi connectivity index (χ0v) is 24.7. The van der Waals surface area contributed by atoms with Crippen molar-refractivity contribution < 1.29 is 35.9 Å². The van der Waals surface area contributed by atoms with Crippen LogP contribution in [0.15, 0.2) is 59.5 Å². The maximum absolute atomic E-state index is 13.2. The number of hydrogen-bond donors (Lipinski definition) is 3. The zero-order valence-electron chi connectivity index (χ0n) is 23.1. The second-order valence-electron chi connectivity index (χ2n) is 10.3. The van der Waals surface area contributed by atoms with Gasteiger partial charge < -0.3 is 15.4 Å². The number of alkyl halides is 3. The molecule has 0 aliphatic heterocycles. The quantitative estimate of drug-likeness (QED) is 0.317. The lowest BCUT2D eigenvalue weighted by Gasteiger charge is -2.30. The third-order valence-electron chi connectivity index (χ3n) is 7.05. The molecule has 8 nitrogen and oxygen atoms in total. The summed E-state index contributed by atoms with van der Waals surface area (Å²) in [5.74, 6) is -0.972. The number of carbonyl (C=O) groups is 2. The fourth-order valence-electron chi connectivity index (χ4n) is 4.76. The van der Waals surface area contributed by atoms with Crippen LogP contribution in [0.1, 0.15) is 56.7 Å². The Morgan fingerprint density at radius 3 is 2.07 bits per heavy atom. The van der Waals surface area contributed by atoms with Crippen LogP contribution in [-0.4, -0.2) is 46.0 Å². The Labute approximate surface area is 245 Å². The summed E-state index contributed by atoms with van der Waals surface area (Å²) in [6.07, 6.45) is -2.94. The first-order valence-corrected chi connectivity index (χ1v) is 14.7. The number of rotatable bonds is 11. The van der Waals surface area contributed by atoms with E-state index in [1.165, 1.54) is 0 Å². The monoisotopic (exact) mass is 619 g/mol. The van der Waals surface area contributed by atoms with Crippen molar-refractivity contribution in [3.63, 3.8) is 0 Å². The predicted molar refractivity (Wildman–Crippen MR) is 151 cm³/mol. The highest BCUT2D eigenvalue weighted by atomic mass is 35.5. The second kappa shape index (κ2) is 15.0. The van der Waals surface area contributed by atoms with Crippen molar-refractivity contribution in [2.75, 3.05) is 13.7 Å². The smallest absolute Gasteiger partial charge is 0.416 e. The van der Waals surface area contributed by atoms with E-state index in [1.54, 1.807) is 7.05 Å². The van der Waals surface area contributed by atoms with Crippen LogP contribution in [0, 0.1) is 11.8 Å². The molecule has 1 aliphatic rings. The summed E-state index contributed by atoms with van der Waals surface area (Å²) < 4.78 is 71.9. The Morgan fingerprint density at radius 2 is 1.56 bits per heavy atom. The van der Waals surface area contributed by atoms with Gasteiger partial charge in [0.05, 0.1) is 16.5 Å². The van der Waals surface area contributed by atoms with Crippen molar-refractivity contribution >= 4 is 34.3 Å². The zero-order chi connectivity index (χ0) is 29.5. The normalized spacial score (nSPS) is 19.1. The number of ether oxygens (including phenoxy) is 1. The Balaban J connectivity index is 0.00000588. The lowest BCUT2D eigenvalue weighted by Crippen LogP contribution is -2.43. The van der Waals surface area contributed by atoms with Crippen LogP contribution < -0.4 is 15.4 Å². The molecule has 1 fully saturated rings. The van der Waals surface area contributed by atoms with Crippen LogP contribution >= 0.6 is 12.4 Å². The Kier molecular flexibility index (Phi) is 12.6. The van der Waals surface area contributed by atoms with E-state index in [0.29, 0.717) is 25.7 Å². The molecule has 0 unspecified atom stereocenters. The summed E-state index contributed by atoms with van der Waals surface area (Å²) >= 11 is 0. The van der Waals surface area contributed by atoms with Gasteiger partial charge in [-0.15, -0.1) is 12.4 Å². The summed E-state index contributed by atoms with van der Waals surface area (Å²) in [4.78, 5) is 25.5. The van der Waals surface area contributed by atoms with Gasteiger partial charge >= 0.3 is 12.1 Å². The fraction of sp³-hybridized carbons (Fsp3) is 0.500. The number of amides is 1. The molecular weight excluding hydrogens is 583 g/mol. The summed E-state index contributed by atoms with van der Waals surface area (Å²) in [6.45, 7) is 3.76. The van der Waals surface area contributed by atoms with E-state index in [4.69, 9.17) is 4.74 Å². The standard InChI is InChI=1S/C28H36F3N3O5S.ClH/c1-18(2)25(32-3)27(36)39-17-24(19-7-5-4-6-8-19)33-26(35)20-9-13-22(14-10-20)34-40(37,38)23-15-11-21(12-16-23)28(29,30)31;/h4-8,11-12,15-16,18,20,22,24-25,32,34H,9-10,13-14,17H2,1-3H3,(H,33,35);1H/t20-,22-,24-,25+;/m1./s1. The molecule has 41 heavy (non-hydrogen) atoms. The average molecular weight is 620 g/mol. The highest BCUT2D eigenvalue weighted by Crippen LogP contribution is 2.30. The van der Waals surface area contributed by atoms with E-state index in [1.807, 2.05) is 44.2 Å². The molecule has 3 N–H and O–H groups in total. The van der Waals surface area contributed by atoms with E-state index in [-0.39, 0.29) is 41.7 Å². The van der Waals surface area contributed by atoms with E-state index in [2.05, 4.69) is 15.4 Å². The summed E-state index contributed by atoms with van der Waals surface area (Å²) in [5, 5.41) is 5.92. The molecule has 13 heteroatoms. The Hall–Kier alpha value is -2.67. The van der Waals surface area contributed by atoms with Crippen LogP contribution in [-0.2, 0) is 30.5 Å². The van der Waals surface area contributed by atoms with Crippen molar-refractivity contribution in [2.24, 2.45) is 11.8 Å². The minimum Gasteiger partial charge on any atom is -0.462 e. The van der Waals surface area contributed by atoms with Gasteiger partial charge in [0.25, 0.3) is 0 Å². The SMILES string of the molecule is CN[C@H](C(=O)OC[C@@H](NC(=O)[C@H]1CC[C@H](NS(=O)(=O)c2ccc(C(F)(F)F)cc2)CC1)c1ccccc1)C(C)C.Cl. The van der Waals surface area contributed by atoms with Crippen LogP contribution in [0.25, 0.3) is 0 Å². The fourth-order valence-corrected chi connectivity index (χ4v) is 6.06. The van der Waals surface area contributed by atoms with Crippen molar-refractivity contribution in [1.82, 2.24) is 15.4 Å². The first-order valence-electron chi connectivity index (χ1n) is 13.2. The largest absolute Gasteiger partial charge is 0.462 e. The molecule has 0 spiro atoms. The number of esters is 1. The Bertz CT molecular complexity index is 1240. The number of nitrogens with one attached hydrogen (secondary N) is 3. The van der Waals surface area contributed by atoms with E-state index < -0.39 is 45.9 Å². The van der Waals surface area contributed by atoms with Gasteiger partial charge in [-0.3, -0.25) is 9.59 Å². The van der Waals surface area contributed by atoms with Gasteiger partial charge in [-0.25, -0.2) is 13.1 Å². The molecule has 3 rings (SSSR count). The molecule has 2 atom stereocenters. The molecule has 1 amide bonds. The lowest BCUT2D eigenvalue weighted by molar-refractivity contribution is -0.148. The number of likely N-dealkylation sites (N-methyl/N-ethyl adjacent to an activating group) is 1. The molecular formula is C28H37ClF3N3O5S. The number of hydrogen-bond acceptors (Lipinski definition) is 6. The van der Waals surface area contributed by atoms with Crippen molar-refractivity contribution in [3.8, 4) is 0 Å². The second-order valence-corrected chi connectivity index (χ2v) is 12.0. The molecule has 0 radical (unpaired) electrons. The van der Waals surface area contributed by atoms with Gasteiger partial charge in [0.15, 0.2) is 0 Å². The average Bonchev–Trinajstić information content (AvgIpc) is 2.91. The van der Waals surface area contributed by atoms with Crippen LogP contribution in [0.3, 0.4) is 0 Å². The van der Waals surface area contributed by atoms with Crippen LogP contribution in [0.2, 0.25) is 0 Å². The molecule has 0 aromatic heterocycles. The van der Waals surface area contributed by atoms with Gasteiger partial charge in [-0.2, -0.15) is 13.2 Å². The van der Waals surface area contributed by atoms with E-state index in [0.717, 1.165) is 29.8 Å². The number of benzene rings is 2. The van der Waals surface area contributed by atoms with Crippen LogP contribution in [0.5, 0.6) is 0 Å². The maximum atomic E-state index is 13.2. The molecule has 0 heterocycles. The molecule has 228 valence electrons. The minimum atomic E-state index is -4.56. The van der Waals surface area contributed by atoms with Crippen molar-refractivity contribution in [3.05, 3.63) is 65.7 Å². The first kappa shape index (κ1) is 34.5. The third-order valence-corrected chi connectivity index (χ3v) is 8.59. The third kappa shape index (κ3) is 9.69. The number of sulfonamides is 1. The molecule has 2 aromatic carbocycles. The summed E-state index contributed by atoms with van der Waals surface area (Å²) in [5.41, 5.74) is -0.143. The molecule has 1 saturated carbocycles. The van der Waals surface area contributed by atoms with E-state index >= 15 is 0 Å². The van der Waals surface area contributed by atoms with Gasteiger partial charge in [-0.05, 0) is 68.5 Å². The molecule has 1 aliphatic carbocycles. The van der Waals surface area contributed by atoms with Crippen molar-refractivity contribution in [1.29, 1.82) is 0 Å². The topological polar surface area (TPSA) is 114 Å².